The first-order valence-corrected chi connectivity index (χ1v) is 9.62. The van der Waals surface area contributed by atoms with Crippen LogP contribution in [0, 0.1) is 5.82 Å². The average Bonchev–Trinajstić information content (AvgIpc) is 2.55. The quantitative estimate of drug-likeness (QED) is 0.819. The van der Waals surface area contributed by atoms with Gasteiger partial charge in [-0.1, -0.05) is 31.2 Å². The molecule has 2 aromatic rings. The third-order valence-corrected chi connectivity index (χ3v) is 5.05. The number of aliphatic carboxylic acids is 1. The van der Waals surface area contributed by atoms with Gasteiger partial charge in [-0.05, 0) is 41.8 Å². The van der Waals surface area contributed by atoms with Gasteiger partial charge in [0.25, 0.3) is 0 Å². The van der Waals surface area contributed by atoms with Crippen LogP contribution in [-0.4, -0.2) is 31.8 Å². The van der Waals surface area contributed by atoms with Crippen LogP contribution >= 0.6 is 0 Å². The Morgan fingerprint density at radius 1 is 1.08 bits per heavy atom. The molecule has 0 aromatic heterocycles. The fraction of sp³-hybridized carbons (Fsp3) is 0.278. The summed E-state index contributed by atoms with van der Waals surface area (Å²) in [4.78, 5) is 11.8. The van der Waals surface area contributed by atoms with Crippen molar-refractivity contribution in [3.05, 3.63) is 65.5 Å². The Morgan fingerprint density at radius 3 is 2.04 bits per heavy atom. The van der Waals surface area contributed by atoms with E-state index in [1.807, 2.05) is 19.1 Å². The molecule has 0 aliphatic rings. The van der Waals surface area contributed by atoms with Crippen molar-refractivity contribution in [3.63, 3.8) is 0 Å². The predicted molar refractivity (Wildman–Crippen MR) is 94.7 cm³/mol. The molecule has 5 nitrogen and oxygen atoms in total. The van der Waals surface area contributed by atoms with Gasteiger partial charge in [0, 0.05) is 6.42 Å². The lowest BCUT2D eigenvalue weighted by atomic mass is 10.0. The number of halogens is 1. The number of carboxylic acid groups (broad SMARTS) is 1. The van der Waals surface area contributed by atoms with Gasteiger partial charge in [0.05, 0.1) is 11.9 Å². The van der Waals surface area contributed by atoms with Crippen LogP contribution in [0.1, 0.15) is 18.1 Å². The average molecular weight is 365 g/mol. The summed E-state index contributed by atoms with van der Waals surface area (Å²) in [5, 5.41) is 9.60. The van der Waals surface area contributed by atoms with E-state index < -0.39 is 27.9 Å². The molecular weight excluding hydrogens is 345 g/mol. The Bertz CT molecular complexity index is 832. The van der Waals surface area contributed by atoms with Crippen molar-refractivity contribution in [2.75, 3.05) is 10.6 Å². The lowest BCUT2D eigenvalue weighted by Gasteiger charge is -2.29. The largest absolute Gasteiger partial charge is 0.480 e. The molecule has 2 rings (SSSR count). The van der Waals surface area contributed by atoms with E-state index in [2.05, 4.69) is 0 Å². The van der Waals surface area contributed by atoms with E-state index in [-0.39, 0.29) is 12.1 Å². The summed E-state index contributed by atoms with van der Waals surface area (Å²) in [6.45, 7) is 2.01. The highest BCUT2D eigenvalue weighted by Gasteiger charge is 2.32. The van der Waals surface area contributed by atoms with E-state index in [0.717, 1.165) is 34.7 Å². The van der Waals surface area contributed by atoms with Gasteiger partial charge < -0.3 is 5.11 Å². The maximum Gasteiger partial charge on any atom is 0.327 e. The van der Waals surface area contributed by atoms with Gasteiger partial charge in [0.2, 0.25) is 10.0 Å². The van der Waals surface area contributed by atoms with E-state index in [1.165, 1.54) is 12.1 Å². The molecule has 0 spiro atoms. The van der Waals surface area contributed by atoms with Crippen molar-refractivity contribution < 1.29 is 22.7 Å². The van der Waals surface area contributed by atoms with Gasteiger partial charge in [-0.3, -0.25) is 4.31 Å². The number of anilines is 1. The molecule has 0 aliphatic heterocycles. The highest BCUT2D eigenvalue weighted by atomic mass is 32.2. The molecule has 0 heterocycles. The zero-order valence-electron chi connectivity index (χ0n) is 14.0. The SMILES string of the molecule is CCc1ccc(C[C@@H](C(=O)O)N(c2ccc(F)cc2)S(C)(=O)=O)cc1. The maximum atomic E-state index is 13.1. The molecule has 0 aliphatic carbocycles. The zero-order chi connectivity index (χ0) is 18.6. The first-order valence-electron chi connectivity index (χ1n) is 7.78. The van der Waals surface area contributed by atoms with Gasteiger partial charge in [-0.25, -0.2) is 17.6 Å². The third-order valence-electron chi connectivity index (χ3n) is 3.87. The van der Waals surface area contributed by atoms with E-state index in [0.29, 0.717) is 5.56 Å². The van der Waals surface area contributed by atoms with E-state index in [4.69, 9.17) is 0 Å². The number of benzene rings is 2. The van der Waals surface area contributed by atoms with E-state index in [1.54, 1.807) is 12.1 Å². The summed E-state index contributed by atoms with van der Waals surface area (Å²) in [5.74, 6) is -1.80. The highest BCUT2D eigenvalue weighted by Crippen LogP contribution is 2.23. The lowest BCUT2D eigenvalue weighted by Crippen LogP contribution is -2.46. The molecule has 0 bridgehead atoms. The standard InChI is InChI=1S/C18H20FNO4S/c1-3-13-4-6-14(7-5-13)12-17(18(21)22)20(25(2,23)24)16-10-8-15(19)9-11-16/h4-11,17H,3,12H2,1-2H3,(H,21,22)/t17-/m0/s1. The van der Waals surface area contributed by atoms with E-state index >= 15 is 0 Å². The second-order valence-corrected chi connectivity index (χ2v) is 7.62. The molecule has 134 valence electrons. The van der Waals surface area contributed by atoms with Crippen LogP contribution in [0.25, 0.3) is 0 Å². The predicted octanol–water partition coefficient (Wildman–Crippen LogP) is 2.85. The van der Waals surface area contributed by atoms with Crippen LogP contribution in [-0.2, 0) is 27.7 Å². The Hall–Kier alpha value is -2.41. The second kappa shape index (κ2) is 7.65. The molecule has 25 heavy (non-hydrogen) atoms. The Balaban J connectivity index is 2.42. The minimum Gasteiger partial charge on any atom is -0.480 e. The van der Waals surface area contributed by atoms with Crippen molar-refractivity contribution >= 4 is 21.7 Å². The van der Waals surface area contributed by atoms with Crippen molar-refractivity contribution in [1.82, 2.24) is 0 Å². The number of hydrogen-bond donors (Lipinski definition) is 1. The maximum absolute atomic E-state index is 13.1. The fourth-order valence-corrected chi connectivity index (χ4v) is 3.73. The van der Waals surface area contributed by atoms with Crippen LogP contribution in [0.5, 0.6) is 0 Å². The summed E-state index contributed by atoms with van der Waals surface area (Å²) < 4.78 is 38.4. The van der Waals surface area contributed by atoms with Crippen LogP contribution in [0.2, 0.25) is 0 Å². The van der Waals surface area contributed by atoms with Crippen molar-refractivity contribution in [3.8, 4) is 0 Å². The monoisotopic (exact) mass is 365 g/mol. The Kier molecular flexibility index (Phi) is 5.79. The van der Waals surface area contributed by atoms with Crippen molar-refractivity contribution in [2.24, 2.45) is 0 Å². The summed E-state index contributed by atoms with van der Waals surface area (Å²) in [6.07, 6.45) is 1.80. The lowest BCUT2D eigenvalue weighted by molar-refractivity contribution is -0.138. The topological polar surface area (TPSA) is 74.7 Å². The van der Waals surface area contributed by atoms with Gasteiger partial charge in [-0.15, -0.1) is 0 Å². The fourth-order valence-electron chi connectivity index (χ4n) is 2.60. The summed E-state index contributed by atoms with van der Waals surface area (Å²) in [6, 6.07) is 10.7. The third kappa shape index (κ3) is 4.79. The highest BCUT2D eigenvalue weighted by molar-refractivity contribution is 7.92. The molecule has 0 fully saturated rings. The smallest absolute Gasteiger partial charge is 0.327 e. The van der Waals surface area contributed by atoms with Crippen molar-refractivity contribution in [2.45, 2.75) is 25.8 Å². The first-order chi connectivity index (χ1) is 11.7. The van der Waals surface area contributed by atoms with E-state index in [9.17, 15) is 22.7 Å². The van der Waals surface area contributed by atoms with Crippen LogP contribution in [0.15, 0.2) is 48.5 Å². The minimum absolute atomic E-state index is 0.00374. The second-order valence-electron chi connectivity index (χ2n) is 5.76. The molecule has 0 amide bonds. The molecule has 2 aromatic carbocycles. The summed E-state index contributed by atoms with van der Waals surface area (Å²) in [5.41, 5.74) is 1.93. The van der Waals surface area contributed by atoms with Crippen LogP contribution < -0.4 is 4.31 Å². The molecule has 7 heteroatoms. The van der Waals surface area contributed by atoms with Crippen molar-refractivity contribution in [1.29, 1.82) is 0 Å². The molecule has 0 radical (unpaired) electrons. The molecular formula is C18H20FNO4S. The molecule has 0 saturated heterocycles. The number of rotatable bonds is 7. The molecule has 1 atom stereocenters. The van der Waals surface area contributed by atoms with Crippen LogP contribution in [0.4, 0.5) is 10.1 Å². The normalized spacial score (nSPS) is 12.6. The number of carboxylic acids is 1. The zero-order valence-corrected chi connectivity index (χ0v) is 14.8. The number of nitrogens with zero attached hydrogens (tertiary/aromatic N) is 1. The Morgan fingerprint density at radius 2 is 1.60 bits per heavy atom. The molecule has 0 saturated carbocycles. The van der Waals surface area contributed by atoms with Crippen LogP contribution in [0.3, 0.4) is 0 Å². The van der Waals surface area contributed by atoms with Gasteiger partial charge >= 0.3 is 5.97 Å². The van der Waals surface area contributed by atoms with Gasteiger partial charge in [0.1, 0.15) is 11.9 Å². The summed E-state index contributed by atoms with van der Waals surface area (Å²) >= 11 is 0. The Labute approximate surface area is 146 Å². The number of aryl methyl sites for hydroxylation is 1. The number of hydrogen-bond acceptors (Lipinski definition) is 3. The van der Waals surface area contributed by atoms with Gasteiger partial charge in [-0.2, -0.15) is 0 Å². The number of sulfonamides is 1. The number of carbonyl (C=O) groups is 1. The minimum atomic E-state index is -3.88. The van der Waals surface area contributed by atoms with Gasteiger partial charge in [0.15, 0.2) is 0 Å². The first kappa shape index (κ1) is 18.9. The summed E-state index contributed by atoms with van der Waals surface area (Å²) in [7, 11) is -3.88. The molecule has 1 N–H and O–H groups in total. The molecule has 0 unspecified atom stereocenters.